The molecule has 2 heterocycles. The molecule has 2 aliphatic rings. The van der Waals surface area contributed by atoms with Crippen molar-refractivity contribution >= 4 is 6.34 Å². The minimum absolute atomic E-state index is 0.220. The summed E-state index contributed by atoms with van der Waals surface area (Å²) in [7, 11) is 0. The number of aryl methyl sites for hydroxylation is 1. The summed E-state index contributed by atoms with van der Waals surface area (Å²) in [4.78, 5) is 7.13. The van der Waals surface area contributed by atoms with Crippen LogP contribution in [0.4, 0.5) is 26.3 Å². The molecule has 3 aromatic carbocycles. The number of fused-ring (bicyclic) bond motifs is 1. The van der Waals surface area contributed by atoms with Crippen molar-refractivity contribution in [2.24, 2.45) is 4.99 Å². The van der Waals surface area contributed by atoms with E-state index in [1.165, 1.54) is 6.07 Å². The Kier molecular flexibility index (Phi) is 10.5. The van der Waals surface area contributed by atoms with Gasteiger partial charge in [-0.3, -0.25) is 4.99 Å². The Morgan fingerprint density at radius 1 is 0.875 bits per heavy atom. The third kappa shape index (κ3) is 7.23. The lowest BCUT2D eigenvalue weighted by Gasteiger charge is -2.33. The third-order valence-corrected chi connectivity index (χ3v) is 8.96. The summed E-state index contributed by atoms with van der Waals surface area (Å²) in [5.41, 5.74) is -4.12. The summed E-state index contributed by atoms with van der Waals surface area (Å²) in [6.07, 6.45) is -5.78. The highest BCUT2D eigenvalue weighted by Gasteiger charge is 2.71. The highest BCUT2D eigenvalue weighted by molar-refractivity contribution is 5.69. The van der Waals surface area contributed by atoms with E-state index in [1.807, 2.05) is 18.5 Å². The zero-order valence-corrected chi connectivity index (χ0v) is 27.0. The Hall–Kier alpha value is -3.93. The summed E-state index contributed by atoms with van der Waals surface area (Å²) in [5, 5.41) is 9.90. The molecule has 1 atom stereocenters. The van der Waals surface area contributed by atoms with E-state index < -0.39 is 23.5 Å². The van der Waals surface area contributed by atoms with E-state index in [-0.39, 0.29) is 17.5 Å². The number of halogens is 6. The maximum Gasteiger partial charge on any atom is 0.430 e. The first-order chi connectivity index (χ1) is 22.8. The molecule has 5 rings (SSSR count). The van der Waals surface area contributed by atoms with Crippen molar-refractivity contribution in [3.8, 4) is 28.4 Å². The molecule has 2 aliphatic heterocycles. The third-order valence-electron chi connectivity index (χ3n) is 8.96. The lowest BCUT2D eigenvalue weighted by Crippen LogP contribution is -2.53. The van der Waals surface area contributed by atoms with Gasteiger partial charge in [-0.2, -0.15) is 26.3 Å². The normalized spacial score (nSPS) is 18.0. The molecule has 3 aromatic rings. The van der Waals surface area contributed by atoms with Gasteiger partial charge in [-0.15, -0.1) is 0 Å². The molecule has 1 N–H and O–H groups in total. The van der Waals surface area contributed by atoms with Gasteiger partial charge in [-0.05, 0) is 78.6 Å². The molecule has 260 valence electrons. The van der Waals surface area contributed by atoms with Crippen LogP contribution in [0, 0.1) is 0 Å². The number of hydrogen-bond acceptors (Lipinski definition) is 6. The van der Waals surface area contributed by atoms with Crippen molar-refractivity contribution < 1.29 is 45.7 Å². The van der Waals surface area contributed by atoms with E-state index in [1.54, 1.807) is 31.2 Å². The lowest BCUT2D eigenvalue weighted by atomic mass is 9.87. The molecular formula is C36H40F6N2O4. The SMILES string of the molecule is CCCc1cc(C(O)(C(F)(F)F)C(F)(F)F)ccc1-c1cccc(OCCCCCN2C=NC(CC)(c3ccc4c(c3)OCCO4)C2)c1. The zero-order valence-electron chi connectivity index (χ0n) is 27.0. The van der Waals surface area contributed by atoms with Crippen LogP contribution in [0.1, 0.15) is 62.6 Å². The van der Waals surface area contributed by atoms with Crippen LogP contribution < -0.4 is 14.2 Å². The summed E-state index contributed by atoms with van der Waals surface area (Å²) in [6.45, 7) is 7.04. The fraction of sp³-hybridized carbons (Fsp3) is 0.472. The van der Waals surface area contributed by atoms with E-state index in [0.29, 0.717) is 49.2 Å². The van der Waals surface area contributed by atoms with Crippen molar-refractivity contribution in [2.45, 2.75) is 75.9 Å². The molecule has 0 aromatic heterocycles. The fourth-order valence-corrected chi connectivity index (χ4v) is 6.25. The largest absolute Gasteiger partial charge is 0.494 e. The van der Waals surface area contributed by atoms with Crippen LogP contribution >= 0.6 is 0 Å². The molecule has 0 saturated heterocycles. The summed E-state index contributed by atoms with van der Waals surface area (Å²) < 4.78 is 98.4. The average molecular weight is 679 g/mol. The van der Waals surface area contributed by atoms with Crippen LogP contribution in [0.25, 0.3) is 11.1 Å². The first kappa shape index (κ1) is 35.4. The van der Waals surface area contributed by atoms with Crippen molar-refractivity contribution in [3.63, 3.8) is 0 Å². The summed E-state index contributed by atoms with van der Waals surface area (Å²) in [5.74, 6) is 2.05. The topological polar surface area (TPSA) is 63.5 Å². The second-order valence-corrected chi connectivity index (χ2v) is 12.2. The van der Waals surface area contributed by atoms with E-state index in [4.69, 9.17) is 19.2 Å². The number of unbranched alkanes of at least 4 members (excludes halogenated alkanes) is 2. The van der Waals surface area contributed by atoms with Crippen LogP contribution in [0.15, 0.2) is 65.7 Å². The molecule has 48 heavy (non-hydrogen) atoms. The van der Waals surface area contributed by atoms with E-state index in [0.717, 1.165) is 61.9 Å². The number of alkyl halides is 6. The number of rotatable bonds is 13. The second-order valence-electron chi connectivity index (χ2n) is 12.2. The van der Waals surface area contributed by atoms with Crippen molar-refractivity contribution in [1.29, 1.82) is 0 Å². The molecule has 0 spiro atoms. The van der Waals surface area contributed by atoms with Gasteiger partial charge in [-0.25, -0.2) is 0 Å². The highest BCUT2D eigenvalue weighted by atomic mass is 19.4. The Balaban J connectivity index is 1.15. The molecule has 0 radical (unpaired) electrons. The maximum atomic E-state index is 13.5. The van der Waals surface area contributed by atoms with E-state index >= 15 is 0 Å². The smallest absolute Gasteiger partial charge is 0.430 e. The number of ether oxygens (including phenoxy) is 3. The van der Waals surface area contributed by atoms with Gasteiger partial charge in [0.15, 0.2) is 11.5 Å². The number of hydrogen-bond donors (Lipinski definition) is 1. The summed E-state index contributed by atoms with van der Waals surface area (Å²) >= 11 is 0. The van der Waals surface area contributed by atoms with E-state index in [2.05, 4.69) is 17.9 Å². The zero-order chi connectivity index (χ0) is 34.6. The van der Waals surface area contributed by atoms with Gasteiger partial charge < -0.3 is 24.2 Å². The fourth-order valence-electron chi connectivity index (χ4n) is 6.25. The number of benzene rings is 3. The summed E-state index contributed by atoms with van der Waals surface area (Å²) in [6, 6.07) is 15.7. The average Bonchev–Trinajstić information content (AvgIpc) is 3.49. The molecule has 0 aliphatic carbocycles. The molecule has 0 saturated carbocycles. The Morgan fingerprint density at radius 3 is 2.33 bits per heavy atom. The quantitative estimate of drug-likeness (QED) is 0.145. The Morgan fingerprint density at radius 2 is 1.62 bits per heavy atom. The first-order valence-corrected chi connectivity index (χ1v) is 16.2. The van der Waals surface area contributed by atoms with Gasteiger partial charge in [0.2, 0.25) is 0 Å². The monoisotopic (exact) mass is 678 g/mol. The second kappa shape index (κ2) is 14.3. The van der Waals surface area contributed by atoms with Crippen LogP contribution in [0.3, 0.4) is 0 Å². The van der Waals surface area contributed by atoms with Gasteiger partial charge in [0.05, 0.1) is 12.9 Å². The lowest BCUT2D eigenvalue weighted by molar-refractivity contribution is -0.376. The number of aliphatic imine (C=N–C) groups is 1. The highest BCUT2D eigenvalue weighted by Crippen LogP contribution is 2.50. The Bertz CT molecular complexity index is 1580. The molecule has 0 bridgehead atoms. The van der Waals surface area contributed by atoms with Crippen molar-refractivity contribution in [3.05, 3.63) is 77.4 Å². The minimum atomic E-state index is -5.94. The first-order valence-electron chi connectivity index (χ1n) is 16.2. The van der Waals surface area contributed by atoms with Gasteiger partial charge in [-0.1, -0.05) is 56.7 Å². The minimum Gasteiger partial charge on any atom is -0.494 e. The predicted molar refractivity (Wildman–Crippen MR) is 171 cm³/mol. The molecular weight excluding hydrogens is 638 g/mol. The van der Waals surface area contributed by atoms with E-state index in [9.17, 15) is 31.4 Å². The van der Waals surface area contributed by atoms with Crippen LogP contribution in [0.2, 0.25) is 0 Å². The number of nitrogens with zero attached hydrogens (tertiary/aromatic N) is 2. The maximum absolute atomic E-state index is 13.5. The van der Waals surface area contributed by atoms with Gasteiger partial charge in [0.1, 0.15) is 24.5 Å². The predicted octanol–water partition coefficient (Wildman–Crippen LogP) is 8.59. The molecule has 0 amide bonds. The van der Waals surface area contributed by atoms with Crippen molar-refractivity contribution in [2.75, 3.05) is 32.9 Å². The van der Waals surface area contributed by atoms with Gasteiger partial charge in [0, 0.05) is 18.7 Å². The van der Waals surface area contributed by atoms with Gasteiger partial charge in [0.25, 0.3) is 5.60 Å². The van der Waals surface area contributed by atoms with Crippen molar-refractivity contribution in [1.82, 2.24) is 4.90 Å². The van der Waals surface area contributed by atoms with Gasteiger partial charge >= 0.3 is 12.4 Å². The molecule has 6 nitrogen and oxygen atoms in total. The standard InChI is InChI=1S/C36H40F6N2O4/c1-3-9-25-20-28(34(45,35(37,38)39)36(40,41)42)12-14-30(25)26-10-8-11-29(21-26)46-17-7-5-6-16-44-23-33(4-2,43-24-44)27-13-15-31-32(22-27)48-19-18-47-31/h8,10-15,20-22,24,45H,3-7,9,16-19,23H2,1-2H3. The van der Waals surface area contributed by atoms with Crippen LogP contribution in [-0.2, 0) is 17.6 Å². The number of aliphatic hydroxyl groups is 1. The molecule has 0 fully saturated rings. The molecule has 12 heteroatoms. The Labute approximate surface area is 276 Å². The van der Waals surface area contributed by atoms with Crippen LogP contribution in [-0.4, -0.2) is 61.6 Å². The molecule has 1 unspecified atom stereocenters. The van der Waals surface area contributed by atoms with Crippen LogP contribution in [0.5, 0.6) is 17.2 Å².